The third-order valence-electron chi connectivity index (χ3n) is 3.04. The van der Waals surface area contributed by atoms with E-state index in [0.29, 0.717) is 23.0 Å². The average Bonchev–Trinajstić information content (AvgIpc) is 2.88. The Balaban J connectivity index is 2.07. The van der Waals surface area contributed by atoms with Gasteiger partial charge in [-0.3, -0.25) is 4.79 Å². The van der Waals surface area contributed by atoms with Crippen LogP contribution in [0.5, 0.6) is 0 Å². The number of Topliss-reactive ketones (excluding diaryl/α,β-unsaturated/α-hetero) is 1. The molecule has 3 nitrogen and oxygen atoms in total. The first-order valence-electron chi connectivity index (χ1n) is 5.89. The fourth-order valence-electron chi connectivity index (χ4n) is 2.13. The molecule has 0 amide bonds. The Labute approximate surface area is 100 Å². The molecule has 1 aliphatic rings. The van der Waals surface area contributed by atoms with E-state index in [0.717, 1.165) is 5.00 Å². The maximum atomic E-state index is 11.6. The minimum Gasteiger partial charge on any atom is -0.397 e. The molecule has 1 fully saturated rings. The highest BCUT2D eigenvalue weighted by molar-refractivity contribution is 7.18. The minimum absolute atomic E-state index is 0.141. The van der Waals surface area contributed by atoms with E-state index in [9.17, 15) is 4.79 Å². The van der Waals surface area contributed by atoms with E-state index in [-0.39, 0.29) is 5.78 Å². The topological polar surface area (TPSA) is 55.1 Å². The molecule has 0 saturated heterocycles. The van der Waals surface area contributed by atoms with Gasteiger partial charge in [0.1, 0.15) is 0 Å². The number of thiophene rings is 1. The van der Waals surface area contributed by atoms with Crippen molar-refractivity contribution >= 4 is 27.8 Å². The number of nitrogens with two attached hydrogens (primary N) is 1. The van der Waals surface area contributed by atoms with E-state index in [4.69, 9.17) is 5.73 Å². The highest BCUT2D eigenvalue weighted by atomic mass is 32.1. The van der Waals surface area contributed by atoms with Crippen LogP contribution in [0.1, 0.15) is 48.7 Å². The van der Waals surface area contributed by atoms with Crippen molar-refractivity contribution in [1.29, 1.82) is 0 Å². The molecule has 0 radical (unpaired) electrons. The second-order valence-electron chi connectivity index (χ2n) is 4.30. The van der Waals surface area contributed by atoms with Gasteiger partial charge in [-0.1, -0.05) is 19.8 Å². The van der Waals surface area contributed by atoms with Crippen molar-refractivity contribution in [2.75, 3.05) is 11.1 Å². The monoisotopic (exact) mass is 238 g/mol. The molecule has 4 heteroatoms. The fraction of sp³-hybridized carbons (Fsp3) is 0.583. The van der Waals surface area contributed by atoms with Gasteiger partial charge in [-0.25, -0.2) is 0 Å². The van der Waals surface area contributed by atoms with E-state index in [2.05, 4.69) is 5.32 Å². The van der Waals surface area contributed by atoms with Crippen molar-refractivity contribution in [2.24, 2.45) is 0 Å². The molecule has 0 bridgehead atoms. The van der Waals surface area contributed by atoms with Crippen LogP contribution in [0.2, 0.25) is 0 Å². The zero-order chi connectivity index (χ0) is 11.5. The largest absolute Gasteiger partial charge is 0.397 e. The molecule has 1 aromatic heterocycles. The van der Waals surface area contributed by atoms with Crippen LogP contribution in [0, 0.1) is 0 Å². The number of carbonyl (C=O) groups excluding carboxylic acids is 1. The summed E-state index contributed by atoms with van der Waals surface area (Å²) in [5.41, 5.74) is 6.46. The third-order valence-corrected chi connectivity index (χ3v) is 4.16. The number of nitrogen functional groups attached to an aromatic ring is 1. The first kappa shape index (κ1) is 11.5. The molecular weight excluding hydrogens is 220 g/mol. The first-order chi connectivity index (χ1) is 7.70. The zero-order valence-electron chi connectivity index (χ0n) is 9.58. The highest BCUT2D eigenvalue weighted by Crippen LogP contribution is 2.32. The molecule has 2 rings (SSSR count). The van der Waals surface area contributed by atoms with E-state index < -0.39 is 0 Å². The second-order valence-corrected chi connectivity index (χ2v) is 5.35. The van der Waals surface area contributed by atoms with Gasteiger partial charge in [0.05, 0.1) is 15.6 Å². The lowest BCUT2D eigenvalue weighted by atomic mass is 10.2. The van der Waals surface area contributed by atoms with Crippen LogP contribution in [0.25, 0.3) is 0 Å². The van der Waals surface area contributed by atoms with E-state index in [1.54, 1.807) is 0 Å². The summed E-state index contributed by atoms with van der Waals surface area (Å²) in [6.45, 7) is 1.87. The summed E-state index contributed by atoms with van der Waals surface area (Å²) in [7, 11) is 0. The lowest BCUT2D eigenvalue weighted by Crippen LogP contribution is -2.13. The van der Waals surface area contributed by atoms with Gasteiger partial charge in [-0.05, 0) is 18.9 Å². The summed E-state index contributed by atoms with van der Waals surface area (Å²) in [5.74, 6) is 0.141. The van der Waals surface area contributed by atoms with E-state index in [1.165, 1.54) is 37.0 Å². The van der Waals surface area contributed by atoms with Crippen LogP contribution in [0.15, 0.2) is 6.07 Å². The average molecular weight is 238 g/mol. The summed E-state index contributed by atoms with van der Waals surface area (Å²) in [4.78, 5) is 12.3. The van der Waals surface area contributed by atoms with Crippen LogP contribution >= 0.6 is 11.3 Å². The van der Waals surface area contributed by atoms with Crippen LogP contribution in [0.4, 0.5) is 10.7 Å². The van der Waals surface area contributed by atoms with Gasteiger partial charge < -0.3 is 11.1 Å². The third kappa shape index (κ3) is 2.38. The Kier molecular flexibility index (Phi) is 3.49. The highest BCUT2D eigenvalue weighted by Gasteiger charge is 2.17. The molecule has 88 valence electrons. The summed E-state index contributed by atoms with van der Waals surface area (Å²) >= 11 is 1.49. The van der Waals surface area contributed by atoms with Gasteiger partial charge in [0.25, 0.3) is 0 Å². The van der Waals surface area contributed by atoms with E-state index in [1.807, 2.05) is 13.0 Å². The Morgan fingerprint density at radius 2 is 2.25 bits per heavy atom. The summed E-state index contributed by atoms with van der Waals surface area (Å²) in [5, 5.41) is 4.51. The molecular formula is C12H18N2OS. The molecule has 0 unspecified atom stereocenters. The molecule has 0 atom stereocenters. The molecule has 0 aliphatic heterocycles. The minimum atomic E-state index is 0.141. The van der Waals surface area contributed by atoms with Crippen molar-refractivity contribution in [3.8, 4) is 0 Å². The standard InChI is InChI=1S/C12H18N2OS/c1-2-10(15)12-9(13)7-11(16-12)14-8-5-3-4-6-8/h7-8,14H,2-6,13H2,1H3. The van der Waals surface area contributed by atoms with Gasteiger partial charge in [-0.2, -0.15) is 0 Å². The Morgan fingerprint density at radius 1 is 1.56 bits per heavy atom. The SMILES string of the molecule is CCC(=O)c1sc(NC2CCCC2)cc1N. The van der Waals surface area contributed by atoms with Gasteiger partial charge in [0.15, 0.2) is 5.78 Å². The smallest absolute Gasteiger partial charge is 0.174 e. The van der Waals surface area contributed by atoms with Crippen molar-refractivity contribution in [3.05, 3.63) is 10.9 Å². The predicted molar refractivity (Wildman–Crippen MR) is 69.2 cm³/mol. The lowest BCUT2D eigenvalue weighted by molar-refractivity contribution is 0.0993. The number of anilines is 2. The second kappa shape index (κ2) is 4.87. The fourth-order valence-corrected chi connectivity index (χ4v) is 3.19. The number of carbonyl (C=O) groups is 1. The zero-order valence-corrected chi connectivity index (χ0v) is 10.4. The van der Waals surface area contributed by atoms with Crippen LogP contribution in [0.3, 0.4) is 0 Å². The van der Waals surface area contributed by atoms with Crippen LogP contribution in [-0.4, -0.2) is 11.8 Å². The van der Waals surface area contributed by atoms with Crippen molar-refractivity contribution in [1.82, 2.24) is 0 Å². The maximum absolute atomic E-state index is 11.6. The molecule has 1 aliphatic carbocycles. The molecule has 1 aromatic rings. The summed E-state index contributed by atoms with van der Waals surface area (Å²) in [6, 6.07) is 2.47. The summed E-state index contributed by atoms with van der Waals surface area (Å²) in [6.07, 6.45) is 5.59. The Bertz CT molecular complexity index is 380. The van der Waals surface area contributed by atoms with Crippen molar-refractivity contribution in [3.63, 3.8) is 0 Å². The van der Waals surface area contributed by atoms with Crippen LogP contribution in [-0.2, 0) is 0 Å². The van der Waals surface area contributed by atoms with E-state index >= 15 is 0 Å². The first-order valence-corrected chi connectivity index (χ1v) is 6.71. The molecule has 1 saturated carbocycles. The Hall–Kier alpha value is -1.03. The predicted octanol–water partition coefficient (Wildman–Crippen LogP) is 3.28. The van der Waals surface area contributed by atoms with Gasteiger partial charge >= 0.3 is 0 Å². The number of hydrogen-bond acceptors (Lipinski definition) is 4. The lowest BCUT2D eigenvalue weighted by Gasteiger charge is -2.10. The molecule has 16 heavy (non-hydrogen) atoms. The number of nitrogens with one attached hydrogen (secondary N) is 1. The molecule has 1 heterocycles. The van der Waals surface area contributed by atoms with Crippen LogP contribution < -0.4 is 11.1 Å². The number of rotatable bonds is 4. The molecule has 0 spiro atoms. The van der Waals surface area contributed by atoms with Gasteiger partial charge in [0, 0.05) is 12.5 Å². The van der Waals surface area contributed by atoms with Crippen molar-refractivity contribution in [2.45, 2.75) is 45.1 Å². The number of ketones is 1. The molecule has 3 N–H and O–H groups in total. The summed E-state index contributed by atoms with van der Waals surface area (Å²) < 4.78 is 0. The quantitative estimate of drug-likeness (QED) is 0.791. The van der Waals surface area contributed by atoms with Gasteiger partial charge in [-0.15, -0.1) is 11.3 Å². The van der Waals surface area contributed by atoms with Gasteiger partial charge in [0.2, 0.25) is 0 Å². The molecule has 0 aromatic carbocycles. The Morgan fingerprint density at radius 3 is 2.88 bits per heavy atom. The van der Waals surface area contributed by atoms with Crippen molar-refractivity contribution < 1.29 is 4.79 Å². The maximum Gasteiger partial charge on any atom is 0.174 e. The normalized spacial score (nSPS) is 16.6. The number of hydrogen-bond donors (Lipinski definition) is 2.